The predicted molar refractivity (Wildman–Crippen MR) is 98.5 cm³/mol. The van der Waals surface area contributed by atoms with Gasteiger partial charge in [-0.05, 0) is 55.8 Å². The summed E-state index contributed by atoms with van der Waals surface area (Å²) in [5.74, 6) is 0.830. The number of ether oxygens (including phenoxy) is 1. The zero-order valence-corrected chi connectivity index (χ0v) is 14.9. The Kier molecular flexibility index (Phi) is 6.38. The second-order valence-electron chi connectivity index (χ2n) is 5.93. The van der Waals surface area contributed by atoms with Crippen molar-refractivity contribution >= 4 is 11.6 Å². The van der Waals surface area contributed by atoms with Gasteiger partial charge in [-0.2, -0.15) is 0 Å². The number of nitrogens with one attached hydrogen (secondary N) is 1. The Morgan fingerprint density at radius 2 is 1.96 bits per heavy atom. The highest BCUT2D eigenvalue weighted by atomic mass is 16.5. The number of methoxy groups -OCH3 is 1. The lowest BCUT2D eigenvalue weighted by Crippen LogP contribution is -2.35. The Labute approximate surface area is 144 Å². The number of amides is 1. The van der Waals surface area contributed by atoms with Gasteiger partial charge in [-0.15, -0.1) is 0 Å². The second-order valence-corrected chi connectivity index (χ2v) is 5.93. The molecule has 0 saturated heterocycles. The topological polar surface area (TPSA) is 41.6 Å². The molecule has 0 heterocycles. The number of nitrogens with zero attached hydrogens (tertiary/aromatic N) is 1. The Morgan fingerprint density at radius 1 is 1.21 bits per heavy atom. The third kappa shape index (κ3) is 4.83. The van der Waals surface area contributed by atoms with Gasteiger partial charge in [-0.3, -0.25) is 9.69 Å². The second kappa shape index (κ2) is 8.50. The first-order valence-corrected chi connectivity index (χ1v) is 8.28. The molecule has 0 radical (unpaired) electrons. The number of hydrogen-bond acceptors (Lipinski definition) is 3. The highest BCUT2D eigenvalue weighted by Gasteiger charge is 2.18. The molecule has 1 N–H and O–H groups in total. The molecule has 0 spiro atoms. The van der Waals surface area contributed by atoms with Crippen LogP contribution in [0.3, 0.4) is 0 Å². The molecule has 1 unspecified atom stereocenters. The van der Waals surface area contributed by atoms with E-state index in [1.807, 2.05) is 49.4 Å². The SMILES string of the molecule is CCN(CC(=O)Nc1cccc(C)c1)C(C)c1cccc(OC)c1. The van der Waals surface area contributed by atoms with E-state index in [2.05, 4.69) is 30.1 Å². The Balaban J connectivity index is 2.03. The number of carbonyl (C=O) groups is 1. The van der Waals surface area contributed by atoms with Gasteiger partial charge in [0.05, 0.1) is 13.7 Å². The molecule has 24 heavy (non-hydrogen) atoms. The van der Waals surface area contributed by atoms with Crippen molar-refractivity contribution in [2.45, 2.75) is 26.8 Å². The van der Waals surface area contributed by atoms with Crippen LogP contribution >= 0.6 is 0 Å². The molecule has 1 atom stereocenters. The normalized spacial score (nSPS) is 12.0. The molecule has 4 nitrogen and oxygen atoms in total. The van der Waals surface area contributed by atoms with Crippen LogP contribution in [-0.4, -0.2) is 31.0 Å². The first-order valence-electron chi connectivity index (χ1n) is 8.28. The third-order valence-electron chi connectivity index (χ3n) is 4.18. The van der Waals surface area contributed by atoms with Gasteiger partial charge in [0.1, 0.15) is 5.75 Å². The standard InChI is InChI=1S/C20H26N2O2/c1-5-22(16(3)17-9-7-11-19(13-17)24-4)14-20(23)21-18-10-6-8-15(2)12-18/h6-13,16H,5,14H2,1-4H3,(H,21,23). The number of likely N-dealkylation sites (N-methyl/N-ethyl adjacent to an activating group) is 1. The quantitative estimate of drug-likeness (QED) is 0.835. The molecule has 4 heteroatoms. The van der Waals surface area contributed by atoms with Crippen LogP contribution in [0, 0.1) is 6.92 Å². The van der Waals surface area contributed by atoms with E-state index in [0.717, 1.165) is 29.1 Å². The van der Waals surface area contributed by atoms with Crippen LogP contribution in [0.4, 0.5) is 5.69 Å². The van der Waals surface area contributed by atoms with Gasteiger partial charge >= 0.3 is 0 Å². The van der Waals surface area contributed by atoms with Crippen LogP contribution in [-0.2, 0) is 4.79 Å². The number of carbonyl (C=O) groups excluding carboxylic acids is 1. The average molecular weight is 326 g/mol. The summed E-state index contributed by atoms with van der Waals surface area (Å²) in [5.41, 5.74) is 3.11. The lowest BCUT2D eigenvalue weighted by molar-refractivity contribution is -0.117. The van der Waals surface area contributed by atoms with Gasteiger partial charge in [-0.1, -0.05) is 31.2 Å². The van der Waals surface area contributed by atoms with Crippen LogP contribution in [0.2, 0.25) is 0 Å². The van der Waals surface area contributed by atoms with E-state index in [1.54, 1.807) is 7.11 Å². The number of anilines is 1. The van der Waals surface area contributed by atoms with Gasteiger partial charge < -0.3 is 10.1 Å². The lowest BCUT2D eigenvalue weighted by Gasteiger charge is -2.27. The highest BCUT2D eigenvalue weighted by molar-refractivity contribution is 5.92. The van der Waals surface area contributed by atoms with Crippen molar-refractivity contribution < 1.29 is 9.53 Å². The van der Waals surface area contributed by atoms with Crippen molar-refractivity contribution in [1.29, 1.82) is 0 Å². The molecule has 128 valence electrons. The summed E-state index contributed by atoms with van der Waals surface area (Å²) in [6.07, 6.45) is 0. The fourth-order valence-corrected chi connectivity index (χ4v) is 2.74. The van der Waals surface area contributed by atoms with Gasteiger partial charge in [0.25, 0.3) is 0 Å². The molecular weight excluding hydrogens is 300 g/mol. The van der Waals surface area contributed by atoms with E-state index < -0.39 is 0 Å². The summed E-state index contributed by atoms with van der Waals surface area (Å²) in [4.78, 5) is 14.5. The minimum absolute atomic E-state index is 0.00260. The van der Waals surface area contributed by atoms with Crippen LogP contribution in [0.25, 0.3) is 0 Å². The van der Waals surface area contributed by atoms with Gasteiger partial charge in [0, 0.05) is 11.7 Å². The number of aryl methyl sites for hydroxylation is 1. The minimum Gasteiger partial charge on any atom is -0.497 e. The largest absolute Gasteiger partial charge is 0.497 e. The fraction of sp³-hybridized carbons (Fsp3) is 0.350. The zero-order valence-electron chi connectivity index (χ0n) is 14.9. The summed E-state index contributed by atoms with van der Waals surface area (Å²) >= 11 is 0. The monoisotopic (exact) mass is 326 g/mol. The molecule has 0 fully saturated rings. The Morgan fingerprint density at radius 3 is 2.62 bits per heavy atom. The van der Waals surface area contributed by atoms with E-state index in [4.69, 9.17) is 4.74 Å². The third-order valence-corrected chi connectivity index (χ3v) is 4.18. The molecule has 0 bridgehead atoms. The van der Waals surface area contributed by atoms with Crippen LogP contribution < -0.4 is 10.1 Å². The van der Waals surface area contributed by atoms with Gasteiger partial charge in [-0.25, -0.2) is 0 Å². The molecule has 2 aromatic carbocycles. The van der Waals surface area contributed by atoms with Crippen molar-refractivity contribution in [3.8, 4) is 5.75 Å². The summed E-state index contributed by atoms with van der Waals surface area (Å²) < 4.78 is 5.29. The van der Waals surface area contributed by atoms with Crippen molar-refractivity contribution in [3.63, 3.8) is 0 Å². The smallest absolute Gasteiger partial charge is 0.238 e. The molecule has 0 aliphatic rings. The minimum atomic E-state index is -0.00260. The van der Waals surface area contributed by atoms with Gasteiger partial charge in [0.15, 0.2) is 0 Å². The van der Waals surface area contributed by atoms with E-state index >= 15 is 0 Å². The maximum Gasteiger partial charge on any atom is 0.238 e. The molecule has 2 aromatic rings. The van der Waals surface area contributed by atoms with Gasteiger partial charge in [0.2, 0.25) is 5.91 Å². The Hall–Kier alpha value is -2.33. The zero-order chi connectivity index (χ0) is 17.5. The lowest BCUT2D eigenvalue weighted by atomic mass is 10.1. The van der Waals surface area contributed by atoms with E-state index in [0.29, 0.717) is 6.54 Å². The fourth-order valence-electron chi connectivity index (χ4n) is 2.74. The van der Waals surface area contributed by atoms with Crippen LogP contribution in [0.1, 0.15) is 31.0 Å². The molecule has 1 amide bonds. The molecule has 0 aliphatic carbocycles. The average Bonchev–Trinajstić information content (AvgIpc) is 2.59. The van der Waals surface area contributed by atoms with Crippen LogP contribution in [0.15, 0.2) is 48.5 Å². The van der Waals surface area contributed by atoms with Crippen molar-refractivity contribution in [3.05, 3.63) is 59.7 Å². The predicted octanol–water partition coefficient (Wildman–Crippen LogP) is 4.03. The first kappa shape index (κ1) is 18.0. The maximum atomic E-state index is 12.4. The van der Waals surface area contributed by atoms with E-state index in [1.165, 1.54) is 0 Å². The summed E-state index contributed by atoms with van der Waals surface area (Å²) in [7, 11) is 1.66. The molecule has 0 aromatic heterocycles. The number of benzene rings is 2. The molecule has 0 saturated carbocycles. The Bertz CT molecular complexity index is 685. The van der Waals surface area contributed by atoms with E-state index in [9.17, 15) is 4.79 Å². The summed E-state index contributed by atoms with van der Waals surface area (Å²) in [5, 5.41) is 2.97. The number of rotatable bonds is 7. The molecule has 2 rings (SSSR count). The van der Waals surface area contributed by atoms with Crippen molar-refractivity contribution in [2.75, 3.05) is 25.5 Å². The molecule has 0 aliphatic heterocycles. The van der Waals surface area contributed by atoms with Crippen LogP contribution in [0.5, 0.6) is 5.75 Å². The van der Waals surface area contributed by atoms with Crippen molar-refractivity contribution in [1.82, 2.24) is 4.90 Å². The highest BCUT2D eigenvalue weighted by Crippen LogP contribution is 2.23. The summed E-state index contributed by atoms with van der Waals surface area (Å²) in [6, 6.07) is 16.0. The number of hydrogen-bond donors (Lipinski definition) is 1. The molecular formula is C20H26N2O2. The maximum absolute atomic E-state index is 12.4. The van der Waals surface area contributed by atoms with E-state index in [-0.39, 0.29) is 11.9 Å². The summed E-state index contributed by atoms with van der Waals surface area (Å²) in [6.45, 7) is 7.33. The first-order chi connectivity index (χ1) is 11.5. The van der Waals surface area contributed by atoms with Crippen molar-refractivity contribution in [2.24, 2.45) is 0 Å².